The summed E-state index contributed by atoms with van der Waals surface area (Å²) in [5.41, 5.74) is 2.13. The standard InChI is InChI=1S/C21H21N3O4S/c1-15-14-20(22-19-5-3-2-4-18(15)19)23-10-12-24(13-11-23)29(27,28)17-8-6-16(7-9-17)21(25)26/h2-9,14H,10-13H2,1H3,(H,25,26). The number of carboxylic acid groups (broad SMARTS) is 1. The number of aromatic carboxylic acids is 1. The lowest BCUT2D eigenvalue weighted by atomic mass is 10.1. The molecule has 0 aliphatic carbocycles. The van der Waals surface area contributed by atoms with E-state index >= 15 is 0 Å². The summed E-state index contributed by atoms with van der Waals surface area (Å²) >= 11 is 0. The topological polar surface area (TPSA) is 90.8 Å². The molecule has 0 atom stereocenters. The number of carbonyl (C=O) groups is 1. The van der Waals surface area contributed by atoms with Crippen LogP contribution in [0.1, 0.15) is 15.9 Å². The molecule has 2 aromatic carbocycles. The highest BCUT2D eigenvalue weighted by Gasteiger charge is 2.29. The van der Waals surface area contributed by atoms with Crippen molar-refractivity contribution in [2.75, 3.05) is 31.1 Å². The highest BCUT2D eigenvalue weighted by atomic mass is 32.2. The molecule has 0 amide bonds. The van der Waals surface area contributed by atoms with Crippen molar-refractivity contribution in [3.05, 3.63) is 65.7 Å². The van der Waals surface area contributed by atoms with Gasteiger partial charge in [-0.25, -0.2) is 18.2 Å². The quantitative estimate of drug-likeness (QED) is 0.710. The Morgan fingerprint density at radius 2 is 1.66 bits per heavy atom. The molecular formula is C21H21N3O4S. The second-order valence-electron chi connectivity index (χ2n) is 7.04. The van der Waals surface area contributed by atoms with Crippen LogP contribution in [0, 0.1) is 6.92 Å². The predicted octanol–water partition coefficient (Wildman–Crippen LogP) is 2.75. The molecule has 0 radical (unpaired) electrons. The molecule has 4 rings (SSSR count). The first kappa shape index (κ1) is 19.4. The monoisotopic (exact) mass is 411 g/mol. The maximum Gasteiger partial charge on any atom is 0.335 e. The SMILES string of the molecule is Cc1cc(N2CCN(S(=O)(=O)c3ccc(C(=O)O)cc3)CC2)nc2ccccc12. The van der Waals surface area contributed by atoms with Gasteiger partial charge in [0.2, 0.25) is 10.0 Å². The van der Waals surface area contributed by atoms with E-state index in [1.165, 1.54) is 28.6 Å². The molecule has 1 N–H and O–H groups in total. The van der Waals surface area contributed by atoms with Gasteiger partial charge >= 0.3 is 5.97 Å². The molecular weight excluding hydrogens is 390 g/mol. The summed E-state index contributed by atoms with van der Waals surface area (Å²) in [6.45, 7) is 3.82. The van der Waals surface area contributed by atoms with Gasteiger partial charge in [0.25, 0.3) is 0 Å². The van der Waals surface area contributed by atoms with Crippen LogP contribution in [0.5, 0.6) is 0 Å². The Morgan fingerprint density at radius 1 is 1.00 bits per heavy atom. The van der Waals surface area contributed by atoms with E-state index in [0.717, 1.165) is 22.3 Å². The minimum absolute atomic E-state index is 0.0616. The Hall–Kier alpha value is -2.97. The number of fused-ring (bicyclic) bond motifs is 1. The highest BCUT2D eigenvalue weighted by molar-refractivity contribution is 7.89. The van der Waals surface area contributed by atoms with Crippen LogP contribution < -0.4 is 4.90 Å². The van der Waals surface area contributed by atoms with Crippen LogP contribution >= 0.6 is 0 Å². The lowest BCUT2D eigenvalue weighted by Gasteiger charge is -2.35. The second-order valence-corrected chi connectivity index (χ2v) is 8.97. The molecule has 1 saturated heterocycles. The first-order valence-electron chi connectivity index (χ1n) is 9.31. The summed E-state index contributed by atoms with van der Waals surface area (Å²) < 4.78 is 27.2. The number of nitrogens with zero attached hydrogens (tertiary/aromatic N) is 3. The summed E-state index contributed by atoms with van der Waals surface area (Å²) in [7, 11) is -3.66. The smallest absolute Gasteiger partial charge is 0.335 e. The minimum atomic E-state index is -3.66. The summed E-state index contributed by atoms with van der Waals surface area (Å²) in [6.07, 6.45) is 0. The van der Waals surface area contributed by atoms with E-state index < -0.39 is 16.0 Å². The fourth-order valence-electron chi connectivity index (χ4n) is 3.57. The van der Waals surface area contributed by atoms with Gasteiger partial charge in [-0.3, -0.25) is 0 Å². The van der Waals surface area contributed by atoms with Crippen LogP contribution in [0.25, 0.3) is 10.9 Å². The number of piperazine rings is 1. The average Bonchev–Trinajstić information content (AvgIpc) is 2.74. The van der Waals surface area contributed by atoms with E-state index in [4.69, 9.17) is 10.1 Å². The molecule has 2 heterocycles. The molecule has 0 unspecified atom stereocenters. The number of hydrogen-bond acceptors (Lipinski definition) is 5. The van der Waals surface area contributed by atoms with E-state index in [1.54, 1.807) is 0 Å². The van der Waals surface area contributed by atoms with Crippen molar-refractivity contribution in [2.24, 2.45) is 0 Å². The van der Waals surface area contributed by atoms with Crippen molar-refractivity contribution in [3.8, 4) is 0 Å². The molecule has 1 aromatic heterocycles. The third-order valence-electron chi connectivity index (χ3n) is 5.21. The third-order valence-corrected chi connectivity index (χ3v) is 7.12. The van der Waals surface area contributed by atoms with E-state index in [2.05, 4.69) is 11.8 Å². The Kier molecular flexibility index (Phi) is 4.97. The fourth-order valence-corrected chi connectivity index (χ4v) is 4.99. The van der Waals surface area contributed by atoms with Crippen LogP contribution in [0.2, 0.25) is 0 Å². The molecule has 0 bridgehead atoms. The third kappa shape index (κ3) is 3.68. The van der Waals surface area contributed by atoms with Crippen molar-refractivity contribution < 1.29 is 18.3 Å². The van der Waals surface area contributed by atoms with Gasteiger partial charge in [-0.1, -0.05) is 18.2 Å². The highest BCUT2D eigenvalue weighted by Crippen LogP contribution is 2.25. The van der Waals surface area contributed by atoms with E-state index in [0.29, 0.717) is 26.2 Å². The summed E-state index contributed by atoms with van der Waals surface area (Å²) in [6, 6.07) is 15.3. The number of rotatable bonds is 4. The van der Waals surface area contributed by atoms with E-state index in [1.807, 2.05) is 30.3 Å². The Balaban J connectivity index is 1.51. The molecule has 1 fully saturated rings. The number of carboxylic acids is 1. The van der Waals surface area contributed by atoms with Gasteiger partial charge in [-0.15, -0.1) is 0 Å². The van der Waals surface area contributed by atoms with Crippen molar-refractivity contribution in [1.82, 2.24) is 9.29 Å². The van der Waals surface area contributed by atoms with Crippen molar-refractivity contribution >= 4 is 32.7 Å². The van der Waals surface area contributed by atoms with Gasteiger partial charge in [-0.2, -0.15) is 4.31 Å². The molecule has 1 aliphatic rings. The number of hydrogen-bond donors (Lipinski definition) is 1. The molecule has 0 saturated carbocycles. The minimum Gasteiger partial charge on any atom is -0.478 e. The van der Waals surface area contributed by atoms with Crippen molar-refractivity contribution in [3.63, 3.8) is 0 Å². The Morgan fingerprint density at radius 3 is 2.31 bits per heavy atom. The van der Waals surface area contributed by atoms with Gasteiger partial charge in [-0.05, 0) is 48.9 Å². The van der Waals surface area contributed by atoms with Gasteiger partial charge in [0.1, 0.15) is 5.82 Å². The number of aromatic nitrogens is 1. The van der Waals surface area contributed by atoms with Crippen LogP contribution in [0.3, 0.4) is 0 Å². The van der Waals surface area contributed by atoms with Gasteiger partial charge in [0, 0.05) is 31.6 Å². The number of sulfonamides is 1. The number of benzene rings is 2. The molecule has 29 heavy (non-hydrogen) atoms. The zero-order valence-electron chi connectivity index (χ0n) is 15.9. The van der Waals surface area contributed by atoms with Crippen LogP contribution in [0.4, 0.5) is 5.82 Å². The number of aryl methyl sites for hydroxylation is 1. The maximum absolute atomic E-state index is 12.9. The average molecular weight is 411 g/mol. The van der Waals surface area contributed by atoms with Crippen LogP contribution in [-0.2, 0) is 10.0 Å². The summed E-state index contributed by atoms with van der Waals surface area (Å²) in [4.78, 5) is 17.9. The zero-order valence-corrected chi connectivity index (χ0v) is 16.8. The summed E-state index contributed by atoms with van der Waals surface area (Å²) in [5, 5.41) is 10.1. The molecule has 7 nitrogen and oxygen atoms in total. The van der Waals surface area contributed by atoms with Gasteiger partial charge in [0.05, 0.1) is 16.0 Å². The first-order chi connectivity index (χ1) is 13.9. The number of anilines is 1. The number of pyridine rings is 1. The predicted molar refractivity (Wildman–Crippen MR) is 111 cm³/mol. The molecule has 150 valence electrons. The normalized spacial score (nSPS) is 15.6. The van der Waals surface area contributed by atoms with E-state index in [9.17, 15) is 13.2 Å². The molecule has 0 spiro atoms. The second kappa shape index (κ2) is 7.46. The fraction of sp³-hybridized carbons (Fsp3) is 0.238. The molecule has 1 aliphatic heterocycles. The van der Waals surface area contributed by atoms with E-state index in [-0.39, 0.29) is 10.5 Å². The lowest BCUT2D eigenvalue weighted by Crippen LogP contribution is -2.48. The first-order valence-corrected chi connectivity index (χ1v) is 10.7. The zero-order chi connectivity index (χ0) is 20.6. The Bertz CT molecular complexity index is 1170. The lowest BCUT2D eigenvalue weighted by molar-refractivity contribution is 0.0696. The maximum atomic E-state index is 12.9. The van der Waals surface area contributed by atoms with Gasteiger partial charge in [0.15, 0.2) is 0 Å². The summed E-state index contributed by atoms with van der Waals surface area (Å²) in [5.74, 6) is -0.232. The molecule has 8 heteroatoms. The van der Waals surface area contributed by atoms with Gasteiger partial charge < -0.3 is 10.0 Å². The van der Waals surface area contributed by atoms with Crippen molar-refractivity contribution in [2.45, 2.75) is 11.8 Å². The molecule has 3 aromatic rings. The van der Waals surface area contributed by atoms with Crippen LogP contribution in [0.15, 0.2) is 59.5 Å². The largest absolute Gasteiger partial charge is 0.478 e. The number of para-hydroxylation sites is 1. The Labute approximate surface area is 169 Å². The van der Waals surface area contributed by atoms with Crippen LogP contribution in [-0.4, -0.2) is 55.0 Å². The van der Waals surface area contributed by atoms with Crippen molar-refractivity contribution in [1.29, 1.82) is 0 Å².